The first-order valence-corrected chi connectivity index (χ1v) is 10.2. The van der Waals surface area contributed by atoms with E-state index >= 15 is 0 Å². The van der Waals surface area contributed by atoms with Crippen LogP contribution >= 0.6 is 0 Å². The number of hydrogen-bond acceptors (Lipinski definition) is 4. The lowest BCUT2D eigenvalue weighted by Crippen LogP contribution is -2.49. The van der Waals surface area contributed by atoms with E-state index in [9.17, 15) is 4.79 Å². The van der Waals surface area contributed by atoms with E-state index in [0.717, 1.165) is 30.0 Å². The van der Waals surface area contributed by atoms with Crippen LogP contribution in [0.2, 0.25) is 0 Å². The van der Waals surface area contributed by atoms with E-state index in [2.05, 4.69) is 34.2 Å². The van der Waals surface area contributed by atoms with E-state index in [0.29, 0.717) is 13.1 Å². The third-order valence-electron chi connectivity index (χ3n) is 5.12. The molecule has 1 aromatic heterocycles. The van der Waals surface area contributed by atoms with Crippen LogP contribution in [0.25, 0.3) is 12.2 Å². The molecule has 2 aromatic carbocycles. The summed E-state index contributed by atoms with van der Waals surface area (Å²) in [6.07, 6.45) is 5.69. The molecular formula is C25H25N3O2. The highest BCUT2D eigenvalue weighted by atomic mass is 16.6. The predicted molar refractivity (Wildman–Crippen MR) is 120 cm³/mol. The molecule has 0 N–H and O–H groups in total. The summed E-state index contributed by atoms with van der Waals surface area (Å²) in [5, 5.41) is 0. The Bertz CT molecular complexity index is 964. The maximum absolute atomic E-state index is 12.4. The van der Waals surface area contributed by atoms with Crippen LogP contribution in [0.5, 0.6) is 0 Å². The standard InChI is InChI=1S/C25H25N3O2/c29-25(28-18-16-27(17-19-28)24-8-4-5-15-26-24)30-20-23-13-11-22(12-14-23)10-9-21-6-2-1-3-7-21/h1-15H,16-20H2. The number of ether oxygens (including phenoxy) is 1. The van der Waals surface area contributed by atoms with Crippen LogP contribution in [-0.4, -0.2) is 42.2 Å². The second kappa shape index (κ2) is 9.74. The van der Waals surface area contributed by atoms with Crippen molar-refractivity contribution in [3.63, 3.8) is 0 Å². The molecule has 1 aliphatic rings. The number of carbonyl (C=O) groups is 1. The Morgan fingerprint density at radius 2 is 1.50 bits per heavy atom. The summed E-state index contributed by atoms with van der Waals surface area (Å²) in [6.45, 7) is 3.07. The van der Waals surface area contributed by atoms with Gasteiger partial charge in [0.05, 0.1) is 0 Å². The summed E-state index contributed by atoms with van der Waals surface area (Å²) < 4.78 is 5.51. The molecule has 1 amide bonds. The van der Waals surface area contributed by atoms with Gasteiger partial charge in [0.15, 0.2) is 0 Å². The molecule has 0 saturated carbocycles. The zero-order chi connectivity index (χ0) is 20.6. The Morgan fingerprint density at radius 1 is 0.833 bits per heavy atom. The number of piperazine rings is 1. The highest BCUT2D eigenvalue weighted by Crippen LogP contribution is 2.14. The highest BCUT2D eigenvalue weighted by Gasteiger charge is 2.22. The monoisotopic (exact) mass is 399 g/mol. The molecule has 0 unspecified atom stereocenters. The minimum Gasteiger partial charge on any atom is -0.445 e. The fourth-order valence-corrected chi connectivity index (χ4v) is 3.38. The molecule has 0 aliphatic carbocycles. The molecule has 0 radical (unpaired) electrons. The van der Waals surface area contributed by atoms with Crippen molar-refractivity contribution < 1.29 is 9.53 Å². The van der Waals surface area contributed by atoms with Crippen LogP contribution < -0.4 is 4.90 Å². The molecule has 5 nitrogen and oxygen atoms in total. The number of rotatable bonds is 5. The van der Waals surface area contributed by atoms with Crippen molar-refractivity contribution >= 4 is 24.1 Å². The number of aromatic nitrogens is 1. The fraction of sp³-hybridized carbons (Fsp3) is 0.200. The largest absolute Gasteiger partial charge is 0.445 e. The summed E-state index contributed by atoms with van der Waals surface area (Å²) in [5.41, 5.74) is 3.26. The summed E-state index contributed by atoms with van der Waals surface area (Å²) in [6, 6.07) is 24.1. The van der Waals surface area contributed by atoms with Crippen molar-refractivity contribution in [1.29, 1.82) is 0 Å². The normalized spacial score (nSPS) is 14.1. The van der Waals surface area contributed by atoms with Crippen LogP contribution in [0.3, 0.4) is 0 Å². The number of nitrogens with zero attached hydrogens (tertiary/aromatic N) is 3. The van der Waals surface area contributed by atoms with E-state index < -0.39 is 0 Å². The number of anilines is 1. The Morgan fingerprint density at radius 3 is 2.17 bits per heavy atom. The lowest BCUT2D eigenvalue weighted by Gasteiger charge is -2.34. The van der Waals surface area contributed by atoms with Gasteiger partial charge in [0.25, 0.3) is 0 Å². The van der Waals surface area contributed by atoms with Gasteiger partial charge in [-0.05, 0) is 28.8 Å². The third kappa shape index (κ3) is 5.26. The maximum atomic E-state index is 12.4. The number of hydrogen-bond donors (Lipinski definition) is 0. The molecule has 1 fully saturated rings. The second-order valence-electron chi connectivity index (χ2n) is 7.20. The Kier molecular flexibility index (Phi) is 6.40. The van der Waals surface area contributed by atoms with E-state index in [1.165, 1.54) is 5.56 Å². The van der Waals surface area contributed by atoms with E-state index in [4.69, 9.17) is 4.74 Å². The lowest BCUT2D eigenvalue weighted by atomic mass is 10.1. The molecule has 0 atom stereocenters. The smallest absolute Gasteiger partial charge is 0.410 e. The Hall–Kier alpha value is -3.60. The van der Waals surface area contributed by atoms with Crippen molar-refractivity contribution in [3.8, 4) is 0 Å². The molecule has 2 heterocycles. The molecule has 152 valence electrons. The van der Waals surface area contributed by atoms with E-state index in [1.807, 2.05) is 60.7 Å². The number of amides is 1. The number of carbonyl (C=O) groups excluding carboxylic acids is 1. The molecule has 5 heteroatoms. The zero-order valence-corrected chi connectivity index (χ0v) is 16.9. The predicted octanol–water partition coefficient (Wildman–Crippen LogP) is 4.71. The summed E-state index contributed by atoms with van der Waals surface area (Å²) in [4.78, 5) is 20.7. The minimum absolute atomic E-state index is 0.260. The van der Waals surface area contributed by atoms with Gasteiger partial charge in [0.1, 0.15) is 12.4 Å². The molecule has 0 bridgehead atoms. The van der Waals surface area contributed by atoms with Gasteiger partial charge >= 0.3 is 6.09 Å². The van der Waals surface area contributed by atoms with Crippen molar-refractivity contribution in [2.45, 2.75) is 6.61 Å². The van der Waals surface area contributed by atoms with Gasteiger partial charge in [-0.2, -0.15) is 0 Å². The molecule has 4 rings (SSSR count). The van der Waals surface area contributed by atoms with Gasteiger partial charge in [0.2, 0.25) is 0 Å². The molecule has 0 spiro atoms. The first kappa shape index (κ1) is 19.7. The van der Waals surface area contributed by atoms with Crippen molar-refractivity contribution in [2.75, 3.05) is 31.1 Å². The molecule has 30 heavy (non-hydrogen) atoms. The van der Waals surface area contributed by atoms with Gasteiger partial charge < -0.3 is 14.5 Å². The molecule has 1 saturated heterocycles. The van der Waals surface area contributed by atoms with Crippen LogP contribution in [0.4, 0.5) is 10.6 Å². The van der Waals surface area contributed by atoms with Crippen LogP contribution in [0, 0.1) is 0 Å². The van der Waals surface area contributed by atoms with Crippen LogP contribution in [0.15, 0.2) is 79.0 Å². The van der Waals surface area contributed by atoms with Gasteiger partial charge in [-0.1, -0.05) is 72.8 Å². The minimum atomic E-state index is -0.260. The van der Waals surface area contributed by atoms with Gasteiger partial charge in [-0.15, -0.1) is 0 Å². The summed E-state index contributed by atoms with van der Waals surface area (Å²) >= 11 is 0. The first-order chi connectivity index (χ1) is 14.8. The fourth-order valence-electron chi connectivity index (χ4n) is 3.38. The topological polar surface area (TPSA) is 45.7 Å². The van der Waals surface area contributed by atoms with Crippen molar-refractivity contribution in [3.05, 3.63) is 95.7 Å². The maximum Gasteiger partial charge on any atom is 0.410 e. The average molecular weight is 399 g/mol. The molecule has 3 aromatic rings. The molecular weight excluding hydrogens is 374 g/mol. The first-order valence-electron chi connectivity index (χ1n) is 10.2. The summed E-state index contributed by atoms with van der Waals surface area (Å²) in [5.74, 6) is 0.951. The van der Waals surface area contributed by atoms with Crippen LogP contribution in [-0.2, 0) is 11.3 Å². The molecule has 1 aliphatic heterocycles. The van der Waals surface area contributed by atoms with Crippen molar-refractivity contribution in [2.24, 2.45) is 0 Å². The number of benzene rings is 2. The van der Waals surface area contributed by atoms with Gasteiger partial charge in [-0.25, -0.2) is 9.78 Å². The van der Waals surface area contributed by atoms with Crippen LogP contribution in [0.1, 0.15) is 16.7 Å². The zero-order valence-electron chi connectivity index (χ0n) is 16.9. The average Bonchev–Trinajstić information content (AvgIpc) is 2.83. The lowest BCUT2D eigenvalue weighted by molar-refractivity contribution is 0.0941. The highest BCUT2D eigenvalue weighted by molar-refractivity contribution is 5.70. The van der Waals surface area contributed by atoms with E-state index in [1.54, 1.807) is 11.1 Å². The van der Waals surface area contributed by atoms with Crippen molar-refractivity contribution in [1.82, 2.24) is 9.88 Å². The van der Waals surface area contributed by atoms with E-state index in [-0.39, 0.29) is 12.7 Å². The Balaban J connectivity index is 1.24. The second-order valence-corrected chi connectivity index (χ2v) is 7.20. The quantitative estimate of drug-likeness (QED) is 0.583. The summed E-state index contributed by atoms with van der Waals surface area (Å²) in [7, 11) is 0. The Labute approximate surface area is 177 Å². The van der Waals surface area contributed by atoms with Gasteiger partial charge in [0, 0.05) is 32.4 Å². The SMILES string of the molecule is O=C(OCc1ccc(C=Cc2ccccc2)cc1)N1CCN(c2ccccn2)CC1. The number of pyridine rings is 1. The third-order valence-corrected chi connectivity index (χ3v) is 5.12. The van der Waals surface area contributed by atoms with Gasteiger partial charge in [-0.3, -0.25) is 0 Å².